The zero-order valence-electron chi connectivity index (χ0n) is 18.8. The summed E-state index contributed by atoms with van der Waals surface area (Å²) < 4.78 is -0.820. The molecule has 0 atom stereocenters. The van der Waals surface area contributed by atoms with Gasteiger partial charge in [-0.05, 0) is 87.9 Å². The van der Waals surface area contributed by atoms with Crippen LogP contribution in [0.25, 0.3) is 0 Å². The largest absolute Gasteiger partial charge is 0.298 e. The monoisotopic (exact) mass is 440 g/mol. The lowest BCUT2D eigenvalue weighted by Gasteiger charge is -2.67. The van der Waals surface area contributed by atoms with Crippen LogP contribution in [0.3, 0.4) is 0 Å². The number of unbranched alkanes of at least 4 members (excludes halogenated alkanes) is 2. The molecule has 0 amide bonds. The van der Waals surface area contributed by atoms with E-state index in [4.69, 9.17) is 23.2 Å². The summed E-state index contributed by atoms with van der Waals surface area (Å²) in [7, 11) is 0. The average Bonchev–Trinajstić information content (AvgIpc) is 2.74. The number of hydrogen-bond acceptors (Lipinski definition) is 1. The van der Waals surface area contributed by atoms with E-state index in [1.54, 1.807) is 0 Å². The van der Waals surface area contributed by atoms with Crippen LogP contribution in [0.15, 0.2) is 0 Å². The van der Waals surface area contributed by atoms with Gasteiger partial charge in [-0.1, -0.05) is 75.6 Å². The smallest absolute Gasteiger partial charge is 0.151 e. The molecule has 4 fully saturated rings. The van der Waals surface area contributed by atoms with Gasteiger partial charge in [0.05, 0.1) is 10.8 Å². The number of carbonyl (C=O) groups is 1. The first-order valence-electron chi connectivity index (χ1n) is 12.8. The number of ketones is 1. The second-order valence-electron chi connectivity index (χ2n) is 11.4. The summed E-state index contributed by atoms with van der Waals surface area (Å²) in [5.41, 5.74) is -0.851. The Balaban J connectivity index is 1.30. The van der Waals surface area contributed by atoms with Crippen LogP contribution in [0.5, 0.6) is 0 Å². The standard InChI is InChI=1S/C26H42Cl2O/c1-3-4-5-6-20-7-9-21(10-8-20)22-13-17-25(18-14-22)23(29)24(26(25,27)28)15-11-19(2)12-16-24/h19-22H,3-18H2,1-2H3/t19?,20?,21?,22-,24-,25+. The molecule has 4 saturated carbocycles. The van der Waals surface area contributed by atoms with Gasteiger partial charge in [0.15, 0.2) is 5.78 Å². The molecule has 0 unspecified atom stereocenters. The van der Waals surface area contributed by atoms with Crippen LogP contribution in [0.2, 0.25) is 0 Å². The molecule has 4 aliphatic carbocycles. The highest BCUT2D eigenvalue weighted by Crippen LogP contribution is 2.74. The molecule has 29 heavy (non-hydrogen) atoms. The highest BCUT2D eigenvalue weighted by molar-refractivity contribution is 6.55. The molecule has 0 radical (unpaired) electrons. The Morgan fingerprint density at radius 2 is 1.31 bits per heavy atom. The first-order valence-corrected chi connectivity index (χ1v) is 13.5. The van der Waals surface area contributed by atoms with E-state index in [0.717, 1.165) is 56.3 Å². The lowest BCUT2D eigenvalue weighted by atomic mass is 9.42. The van der Waals surface area contributed by atoms with E-state index in [9.17, 15) is 4.79 Å². The lowest BCUT2D eigenvalue weighted by Crippen LogP contribution is -2.74. The van der Waals surface area contributed by atoms with Crippen LogP contribution in [0.4, 0.5) is 0 Å². The molecule has 0 aromatic heterocycles. The molecule has 2 spiro atoms. The van der Waals surface area contributed by atoms with Crippen molar-refractivity contribution in [2.45, 2.75) is 121 Å². The predicted molar refractivity (Wildman–Crippen MR) is 123 cm³/mol. The zero-order valence-corrected chi connectivity index (χ0v) is 20.3. The topological polar surface area (TPSA) is 17.1 Å². The van der Waals surface area contributed by atoms with Gasteiger partial charge < -0.3 is 0 Å². The number of carbonyl (C=O) groups excluding carboxylic acids is 1. The summed E-state index contributed by atoms with van der Waals surface area (Å²) in [6.45, 7) is 4.59. The normalized spacial score (nSPS) is 44.8. The maximum absolute atomic E-state index is 13.5. The van der Waals surface area contributed by atoms with Crippen LogP contribution in [-0.4, -0.2) is 10.1 Å². The van der Waals surface area contributed by atoms with Crippen molar-refractivity contribution < 1.29 is 4.79 Å². The van der Waals surface area contributed by atoms with E-state index >= 15 is 0 Å². The molecule has 0 N–H and O–H groups in total. The fourth-order valence-electron chi connectivity index (χ4n) is 7.71. The number of alkyl halides is 2. The molecule has 4 rings (SSSR count). The minimum atomic E-state index is -0.820. The lowest BCUT2D eigenvalue weighted by molar-refractivity contribution is -0.172. The Morgan fingerprint density at radius 3 is 1.83 bits per heavy atom. The third-order valence-electron chi connectivity index (χ3n) is 9.86. The van der Waals surface area contributed by atoms with Gasteiger partial charge in [0.25, 0.3) is 0 Å². The van der Waals surface area contributed by atoms with Gasteiger partial charge in [0.2, 0.25) is 0 Å². The van der Waals surface area contributed by atoms with Crippen molar-refractivity contribution in [1.82, 2.24) is 0 Å². The summed E-state index contributed by atoms with van der Waals surface area (Å²) in [6.07, 6.45) is 19.6. The Hall–Kier alpha value is 0.250. The van der Waals surface area contributed by atoms with Crippen molar-refractivity contribution >= 4 is 29.0 Å². The van der Waals surface area contributed by atoms with E-state index in [2.05, 4.69) is 13.8 Å². The van der Waals surface area contributed by atoms with Crippen molar-refractivity contribution in [1.29, 1.82) is 0 Å². The van der Waals surface area contributed by atoms with Gasteiger partial charge >= 0.3 is 0 Å². The highest BCUT2D eigenvalue weighted by atomic mass is 35.5. The first kappa shape index (κ1) is 22.4. The second kappa shape index (κ2) is 8.65. The molecule has 0 aliphatic heterocycles. The molecule has 0 saturated heterocycles. The van der Waals surface area contributed by atoms with Crippen LogP contribution in [0.1, 0.15) is 117 Å². The maximum atomic E-state index is 13.5. The second-order valence-corrected chi connectivity index (χ2v) is 12.7. The van der Waals surface area contributed by atoms with Gasteiger partial charge in [-0.15, -0.1) is 0 Å². The minimum absolute atomic E-state index is 0.425. The fourth-order valence-corrected chi connectivity index (χ4v) is 8.81. The zero-order chi connectivity index (χ0) is 20.7. The van der Waals surface area contributed by atoms with E-state index in [1.165, 1.54) is 64.2 Å². The molecular weight excluding hydrogens is 399 g/mol. The quantitative estimate of drug-likeness (QED) is 0.309. The third-order valence-corrected chi connectivity index (χ3v) is 11.3. The number of Topliss-reactive ketones (excluding diaryl/α,β-unsaturated/α-hetero) is 1. The van der Waals surface area contributed by atoms with E-state index in [1.807, 2.05) is 0 Å². The summed E-state index contributed by atoms with van der Waals surface area (Å²) in [5, 5.41) is 0. The number of rotatable bonds is 5. The molecule has 3 heteroatoms. The maximum Gasteiger partial charge on any atom is 0.151 e. The summed E-state index contributed by atoms with van der Waals surface area (Å²) >= 11 is 14.2. The van der Waals surface area contributed by atoms with Gasteiger partial charge in [-0.2, -0.15) is 0 Å². The Kier molecular flexibility index (Phi) is 6.69. The van der Waals surface area contributed by atoms with Crippen LogP contribution in [-0.2, 0) is 4.79 Å². The SMILES string of the molecule is CCCCCC1CCC([C@H]2CC[C@@]3(CC2)C(=O)[C@]2(CCC(C)CC2)C3(Cl)Cl)CC1. The number of halogens is 2. The first-order chi connectivity index (χ1) is 13.9. The molecule has 0 bridgehead atoms. The van der Waals surface area contributed by atoms with Gasteiger partial charge in [-0.25, -0.2) is 0 Å². The Labute approximate surface area is 189 Å². The van der Waals surface area contributed by atoms with E-state index in [0.29, 0.717) is 11.7 Å². The molecule has 1 nitrogen and oxygen atoms in total. The summed E-state index contributed by atoms with van der Waals surface area (Å²) in [4.78, 5) is 13.5. The summed E-state index contributed by atoms with van der Waals surface area (Å²) in [6, 6.07) is 0. The van der Waals surface area contributed by atoms with Crippen molar-refractivity contribution in [2.75, 3.05) is 0 Å². The van der Waals surface area contributed by atoms with E-state index < -0.39 is 15.2 Å². The van der Waals surface area contributed by atoms with Crippen LogP contribution < -0.4 is 0 Å². The molecule has 0 aromatic carbocycles. The van der Waals surface area contributed by atoms with Gasteiger partial charge in [-0.3, -0.25) is 4.79 Å². The van der Waals surface area contributed by atoms with Crippen LogP contribution >= 0.6 is 23.2 Å². The third kappa shape index (κ3) is 3.63. The van der Waals surface area contributed by atoms with Crippen molar-refractivity contribution in [3.05, 3.63) is 0 Å². The molecule has 166 valence electrons. The summed E-state index contributed by atoms with van der Waals surface area (Å²) in [5.74, 6) is 3.82. The average molecular weight is 442 g/mol. The fraction of sp³-hybridized carbons (Fsp3) is 0.962. The Bertz CT molecular complexity index is 574. The molecule has 0 heterocycles. The van der Waals surface area contributed by atoms with Crippen molar-refractivity contribution in [3.8, 4) is 0 Å². The Morgan fingerprint density at radius 1 is 0.793 bits per heavy atom. The minimum Gasteiger partial charge on any atom is -0.298 e. The predicted octanol–water partition coefficient (Wildman–Crippen LogP) is 8.50. The molecular formula is C26H42Cl2O. The molecule has 0 aromatic rings. The van der Waals surface area contributed by atoms with Crippen LogP contribution in [0, 0.1) is 34.5 Å². The van der Waals surface area contributed by atoms with Crippen molar-refractivity contribution in [2.24, 2.45) is 34.5 Å². The van der Waals surface area contributed by atoms with Gasteiger partial charge in [0.1, 0.15) is 4.33 Å². The van der Waals surface area contributed by atoms with Crippen molar-refractivity contribution in [3.63, 3.8) is 0 Å². The van der Waals surface area contributed by atoms with Gasteiger partial charge in [0, 0.05) is 0 Å². The van der Waals surface area contributed by atoms with E-state index in [-0.39, 0.29) is 0 Å². The highest BCUT2D eigenvalue weighted by Gasteiger charge is 2.78. The number of hydrogen-bond donors (Lipinski definition) is 0. The molecule has 4 aliphatic rings.